The van der Waals surface area contributed by atoms with Crippen LogP contribution in [0.15, 0.2) is 34.9 Å². The van der Waals surface area contributed by atoms with E-state index in [2.05, 4.69) is 10.5 Å². The zero-order valence-corrected chi connectivity index (χ0v) is 17.1. The number of carbonyl (C=O) groups is 2. The Kier molecular flexibility index (Phi) is 5.06. The molecule has 1 aliphatic heterocycles. The van der Waals surface area contributed by atoms with Gasteiger partial charge in [0.15, 0.2) is 0 Å². The molecule has 7 heteroatoms. The molecule has 1 aromatic heterocycles. The molecule has 154 valence electrons. The summed E-state index contributed by atoms with van der Waals surface area (Å²) in [5.74, 6) is 2.01. The Morgan fingerprint density at radius 1 is 1.21 bits per heavy atom. The second-order valence-electron chi connectivity index (χ2n) is 8.94. The number of hydrogen-bond donors (Lipinski definition) is 1. The fourth-order valence-electron chi connectivity index (χ4n) is 4.04. The van der Waals surface area contributed by atoms with E-state index in [-0.39, 0.29) is 23.3 Å². The van der Waals surface area contributed by atoms with Crippen LogP contribution in [0.1, 0.15) is 52.2 Å². The molecule has 4 rings (SSSR count). The SMILES string of the molecule is CC(C)(C)c1cc(Oc2ccc(NC(=O)N3CC4CCCCC4C3=O)cc2)no1. The standard InChI is InChI=1S/C22H27N3O4/c1-22(2,3)18-12-19(24-29-18)28-16-10-8-15(9-11-16)23-21(27)25-13-14-6-4-5-7-17(14)20(25)26/h8-12,14,17H,4-7,13H2,1-3H3,(H,23,27). The molecule has 1 saturated carbocycles. The number of nitrogens with one attached hydrogen (secondary N) is 1. The average Bonchev–Trinajstić information content (AvgIpc) is 3.28. The summed E-state index contributed by atoms with van der Waals surface area (Å²) in [5, 5.41) is 6.75. The molecular weight excluding hydrogens is 370 g/mol. The number of rotatable bonds is 3. The van der Waals surface area contributed by atoms with Gasteiger partial charge in [0.1, 0.15) is 11.5 Å². The first-order chi connectivity index (χ1) is 13.8. The van der Waals surface area contributed by atoms with Crippen molar-refractivity contribution in [2.24, 2.45) is 11.8 Å². The molecule has 1 saturated heterocycles. The summed E-state index contributed by atoms with van der Waals surface area (Å²) in [7, 11) is 0. The number of anilines is 1. The van der Waals surface area contributed by atoms with Crippen LogP contribution in [-0.2, 0) is 10.2 Å². The minimum atomic E-state index is -0.357. The highest BCUT2D eigenvalue weighted by Crippen LogP contribution is 2.37. The Morgan fingerprint density at radius 2 is 1.93 bits per heavy atom. The highest BCUT2D eigenvalue weighted by Gasteiger charge is 2.43. The fourth-order valence-corrected chi connectivity index (χ4v) is 4.04. The Balaban J connectivity index is 1.36. The number of imide groups is 1. The van der Waals surface area contributed by atoms with E-state index in [9.17, 15) is 9.59 Å². The van der Waals surface area contributed by atoms with Gasteiger partial charge < -0.3 is 14.6 Å². The first-order valence-electron chi connectivity index (χ1n) is 10.2. The molecule has 2 aliphatic rings. The molecule has 2 heterocycles. The largest absolute Gasteiger partial charge is 0.436 e. The van der Waals surface area contributed by atoms with Gasteiger partial charge in [-0.3, -0.25) is 9.69 Å². The number of nitrogens with zero attached hydrogens (tertiary/aromatic N) is 2. The van der Waals surface area contributed by atoms with Crippen LogP contribution in [0.2, 0.25) is 0 Å². The predicted molar refractivity (Wildman–Crippen MR) is 108 cm³/mol. The first kappa shape index (κ1) is 19.5. The summed E-state index contributed by atoms with van der Waals surface area (Å²) in [6.45, 7) is 6.64. The van der Waals surface area contributed by atoms with Crippen LogP contribution in [0, 0.1) is 11.8 Å². The van der Waals surface area contributed by atoms with E-state index in [1.165, 1.54) is 4.90 Å². The minimum Gasteiger partial charge on any atom is -0.436 e. The van der Waals surface area contributed by atoms with Crippen LogP contribution >= 0.6 is 0 Å². The maximum atomic E-state index is 12.6. The molecule has 2 fully saturated rings. The number of amides is 3. The number of fused-ring (bicyclic) bond motifs is 1. The lowest BCUT2D eigenvalue weighted by atomic mass is 9.81. The molecular formula is C22H27N3O4. The molecule has 2 atom stereocenters. The predicted octanol–water partition coefficient (Wildman–Crippen LogP) is 4.94. The van der Waals surface area contributed by atoms with Gasteiger partial charge in [0.05, 0.1) is 0 Å². The zero-order chi connectivity index (χ0) is 20.6. The van der Waals surface area contributed by atoms with Crippen molar-refractivity contribution < 1.29 is 18.8 Å². The first-order valence-corrected chi connectivity index (χ1v) is 10.2. The van der Waals surface area contributed by atoms with Gasteiger partial charge in [-0.1, -0.05) is 33.6 Å². The summed E-state index contributed by atoms with van der Waals surface area (Å²) >= 11 is 0. The number of carbonyl (C=O) groups excluding carboxylic acids is 2. The van der Waals surface area contributed by atoms with Crippen LogP contribution < -0.4 is 10.1 Å². The summed E-state index contributed by atoms with van der Waals surface area (Å²) in [6.07, 6.45) is 4.16. The van der Waals surface area contributed by atoms with Gasteiger partial charge in [0, 0.05) is 29.6 Å². The third-order valence-electron chi connectivity index (χ3n) is 5.71. The van der Waals surface area contributed by atoms with Crippen molar-refractivity contribution in [2.75, 3.05) is 11.9 Å². The monoisotopic (exact) mass is 397 g/mol. The van der Waals surface area contributed by atoms with Crippen molar-refractivity contribution in [1.29, 1.82) is 0 Å². The van der Waals surface area contributed by atoms with Crippen molar-refractivity contribution in [3.8, 4) is 11.6 Å². The zero-order valence-electron chi connectivity index (χ0n) is 17.1. The van der Waals surface area contributed by atoms with Crippen LogP contribution in [0.3, 0.4) is 0 Å². The Labute approximate surface area is 170 Å². The molecule has 0 radical (unpaired) electrons. The van der Waals surface area contributed by atoms with Crippen molar-refractivity contribution in [3.05, 3.63) is 36.1 Å². The van der Waals surface area contributed by atoms with Gasteiger partial charge in [-0.2, -0.15) is 0 Å². The van der Waals surface area contributed by atoms with Gasteiger partial charge in [0.2, 0.25) is 5.91 Å². The summed E-state index contributed by atoms with van der Waals surface area (Å²) < 4.78 is 11.0. The summed E-state index contributed by atoms with van der Waals surface area (Å²) in [5.41, 5.74) is 0.466. The minimum absolute atomic E-state index is 0.0192. The van der Waals surface area contributed by atoms with Crippen LogP contribution in [0.4, 0.5) is 10.5 Å². The second kappa shape index (κ2) is 7.54. The maximum absolute atomic E-state index is 12.6. The number of urea groups is 1. The number of ether oxygens (including phenoxy) is 1. The molecule has 1 aliphatic carbocycles. The molecule has 1 N–H and O–H groups in total. The van der Waals surface area contributed by atoms with Crippen LogP contribution in [0.5, 0.6) is 11.6 Å². The molecule has 2 unspecified atom stereocenters. The molecule has 7 nitrogen and oxygen atoms in total. The van der Waals surface area contributed by atoms with E-state index in [4.69, 9.17) is 9.26 Å². The molecule has 3 amide bonds. The summed E-state index contributed by atoms with van der Waals surface area (Å²) in [4.78, 5) is 26.5. The third-order valence-corrected chi connectivity index (χ3v) is 5.71. The Morgan fingerprint density at radius 3 is 2.59 bits per heavy atom. The lowest BCUT2D eigenvalue weighted by Crippen LogP contribution is -2.37. The van der Waals surface area contributed by atoms with E-state index >= 15 is 0 Å². The number of aromatic nitrogens is 1. The molecule has 0 bridgehead atoms. The fraction of sp³-hybridized carbons (Fsp3) is 0.500. The van der Waals surface area contributed by atoms with Crippen LogP contribution in [0.25, 0.3) is 0 Å². The molecule has 2 aromatic rings. The van der Waals surface area contributed by atoms with Gasteiger partial charge in [-0.05, 0) is 48.2 Å². The van der Waals surface area contributed by atoms with Crippen molar-refractivity contribution >= 4 is 17.6 Å². The quantitative estimate of drug-likeness (QED) is 0.792. The van der Waals surface area contributed by atoms with Gasteiger partial charge in [-0.25, -0.2) is 4.79 Å². The second-order valence-corrected chi connectivity index (χ2v) is 8.94. The van der Waals surface area contributed by atoms with E-state index in [0.29, 0.717) is 29.8 Å². The molecule has 1 aromatic carbocycles. The summed E-state index contributed by atoms with van der Waals surface area (Å²) in [6, 6.07) is 8.38. The van der Waals surface area contributed by atoms with Gasteiger partial charge >= 0.3 is 6.03 Å². The Hall–Kier alpha value is -2.83. The maximum Gasteiger partial charge on any atom is 0.328 e. The third kappa shape index (κ3) is 4.13. The number of hydrogen-bond acceptors (Lipinski definition) is 5. The lowest BCUT2D eigenvalue weighted by molar-refractivity contribution is -0.129. The lowest BCUT2D eigenvalue weighted by Gasteiger charge is -2.21. The van der Waals surface area contributed by atoms with E-state index < -0.39 is 0 Å². The van der Waals surface area contributed by atoms with Gasteiger partial charge in [0.25, 0.3) is 5.88 Å². The highest BCUT2D eigenvalue weighted by molar-refractivity contribution is 6.03. The van der Waals surface area contributed by atoms with E-state index in [0.717, 1.165) is 31.4 Å². The van der Waals surface area contributed by atoms with Crippen molar-refractivity contribution in [3.63, 3.8) is 0 Å². The highest BCUT2D eigenvalue weighted by atomic mass is 16.5. The smallest absolute Gasteiger partial charge is 0.328 e. The topological polar surface area (TPSA) is 84.7 Å². The molecule has 0 spiro atoms. The van der Waals surface area contributed by atoms with Crippen molar-refractivity contribution in [1.82, 2.24) is 10.1 Å². The van der Waals surface area contributed by atoms with Gasteiger partial charge in [-0.15, -0.1) is 0 Å². The van der Waals surface area contributed by atoms with E-state index in [1.54, 1.807) is 30.3 Å². The average molecular weight is 397 g/mol. The normalized spacial score (nSPS) is 21.8. The van der Waals surface area contributed by atoms with E-state index in [1.807, 2.05) is 20.8 Å². The Bertz CT molecular complexity index is 898. The molecule has 29 heavy (non-hydrogen) atoms. The number of benzene rings is 1. The number of likely N-dealkylation sites (tertiary alicyclic amines) is 1. The van der Waals surface area contributed by atoms with Crippen molar-refractivity contribution in [2.45, 2.75) is 51.9 Å². The van der Waals surface area contributed by atoms with Crippen LogP contribution in [-0.4, -0.2) is 28.5 Å².